The molecule has 23 heavy (non-hydrogen) atoms. The summed E-state index contributed by atoms with van der Waals surface area (Å²) in [6.07, 6.45) is 0. The Balaban J connectivity index is 2.65. The Labute approximate surface area is 144 Å². The van der Waals surface area contributed by atoms with Gasteiger partial charge < -0.3 is 10.2 Å². The number of rotatable bonds is 8. The average molecular weight is 361 g/mol. The number of hydrogen-bond acceptors (Lipinski definition) is 3. The van der Waals surface area contributed by atoms with E-state index in [4.69, 9.17) is 11.6 Å². The van der Waals surface area contributed by atoms with Crippen LogP contribution in [0.1, 0.15) is 19.4 Å². The van der Waals surface area contributed by atoms with E-state index in [0.29, 0.717) is 24.1 Å². The van der Waals surface area contributed by atoms with Crippen LogP contribution < -0.4 is 10.0 Å². The van der Waals surface area contributed by atoms with Crippen molar-refractivity contribution in [3.05, 3.63) is 34.9 Å². The Morgan fingerprint density at radius 3 is 2.61 bits per heavy atom. The van der Waals surface area contributed by atoms with Crippen molar-refractivity contribution in [1.29, 1.82) is 0 Å². The summed E-state index contributed by atoms with van der Waals surface area (Å²) >= 11 is 6.18. The van der Waals surface area contributed by atoms with Gasteiger partial charge in [-0.1, -0.05) is 29.8 Å². The molecule has 1 rings (SSSR count). The Kier molecular flexibility index (Phi) is 8.36. The van der Waals surface area contributed by atoms with Crippen LogP contribution in [0.3, 0.4) is 0 Å². The number of aliphatic imine (C=N–C) groups is 1. The lowest BCUT2D eigenvalue weighted by molar-refractivity contribution is 0.477. The average Bonchev–Trinajstić information content (AvgIpc) is 2.52. The van der Waals surface area contributed by atoms with E-state index in [9.17, 15) is 8.42 Å². The molecule has 0 amide bonds. The predicted octanol–water partition coefficient (Wildman–Crippen LogP) is 1.68. The van der Waals surface area contributed by atoms with Crippen molar-refractivity contribution in [1.82, 2.24) is 14.9 Å². The summed E-state index contributed by atoms with van der Waals surface area (Å²) in [6.45, 7) is 5.59. The smallest absolute Gasteiger partial charge is 0.211 e. The lowest BCUT2D eigenvalue weighted by atomic mass is 10.2. The summed E-state index contributed by atoms with van der Waals surface area (Å²) in [5.74, 6) is 0.784. The molecule has 0 aliphatic heterocycles. The zero-order valence-corrected chi connectivity index (χ0v) is 15.4. The zero-order chi connectivity index (χ0) is 17.3. The van der Waals surface area contributed by atoms with Crippen LogP contribution >= 0.6 is 11.6 Å². The first kappa shape index (κ1) is 19.7. The van der Waals surface area contributed by atoms with Gasteiger partial charge in [-0.15, -0.1) is 0 Å². The first-order chi connectivity index (χ1) is 10.9. The normalized spacial score (nSPS) is 12.3. The topological polar surface area (TPSA) is 73.8 Å². The standard InChI is InChI=1S/C15H25ClN4O2S/c1-4-17-15(18-10-11-19-23(21,22)5-2)20(3)12-13-8-6-7-9-14(13)16/h6-9,19H,4-5,10-12H2,1-3H3,(H,17,18). The third-order valence-corrected chi connectivity index (χ3v) is 4.91. The van der Waals surface area contributed by atoms with Crippen molar-refractivity contribution in [2.75, 3.05) is 32.4 Å². The van der Waals surface area contributed by atoms with Gasteiger partial charge in [0.25, 0.3) is 0 Å². The van der Waals surface area contributed by atoms with Gasteiger partial charge in [-0.3, -0.25) is 4.99 Å². The maximum Gasteiger partial charge on any atom is 0.211 e. The lowest BCUT2D eigenvalue weighted by Crippen LogP contribution is -2.39. The van der Waals surface area contributed by atoms with Crippen molar-refractivity contribution in [2.24, 2.45) is 4.99 Å². The van der Waals surface area contributed by atoms with E-state index >= 15 is 0 Å². The molecule has 0 saturated heterocycles. The molecule has 0 aliphatic carbocycles. The van der Waals surface area contributed by atoms with E-state index in [1.807, 2.05) is 43.1 Å². The van der Waals surface area contributed by atoms with Gasteiger partial charge in [-0.2, -0.15) is 0 Å². The summed E-state index contributed by atoms with van der Waals surface area (Å²) in [4.78, 5) is 6.40. The summed E-state index contributed by atoms with van der Waals surface area (Å²) < 4.78 is 25.3. The predicted molar refractivity (Wildman–Crippen MR) is 96.4 cm³/mol. The molecule has 0 saturated carbocycles. The highest BCUT2D eigenvalue weighted by Gasteiger charge is 2.09. The second-order valence-electron chi connectivity index (χ2n) is 4.98. The lowest BCUT2D eigenvalue weighted by Gasteiger charge is -2.22. The molecule has 0 heterocycles. The molecule has 130 valence electrons. The number of nitrogens with zero attached hydrogens (tertiary/aromatic N) is 2. The number of sulfonamides is 1. The fraction of sp³-hybridized carbons (Fsp3) is 0.533. The van der Waals surface area contributed by atoms with E-state index in [1.54, 1.807) is 6.92 Å². The van der Waals surface area contributed by atoms with Gasteiger partial charge >= 0.3 is 0 Å². The molecule has 0 aromatic heterocycles. The van der Waals surface area contributed by atoms with Crippen LogP contribution in [-0.4, -0.2) is 51.7 Å². The molecule has 0 atom stereocenters. The quantitative estimate of drug-likeness (QED) is 0.420. The van der Waals surface area contributed by atoms with Gasteiger partial charge in [-0.05, 0) is 25.5 Å². The van der Waals surface area contributed by atoms with Crippen molar-refractivity contribution in [3.63, 3.8) is 0 Å². The monoisotopic (exact) mass is 360 g/mol. The molecular weight excluding hydrogens is 336 g/mol. The molecule has 0 unspecified atom stereocenters. The molecular formula is C15H25ClN4O2S. The van der Waals surface area contributed by atoms with Gasteiger partial charge in [0.05, 0.1) is 12.3 Å². The van der Waals surface area contributed by atoms with Crippen LogP contribution in [0, 0.1) is 0 Å². The number of nitrogens with one attached hydrogen (secondary N) is 2. The Morgan fingerprint density at radius 1 is 1.30 bits per heavy atom. The SMILES string of the molecule is CCNC(=NCCNS(=O)(=O)CC)N(C)Cc1ccccc1Cl. The second-order valence-corrected chi connectivity index (χ2v) is 7.48. The summed E-state index contributed by atoms with van der Waals surface area (Å²) in [6, 6.07) is 7.66. The van der Waals surface area contributed by atoms with Crippen LogP contribution in [0.5, 0.6) is 0 Å². The van der Waals surface area contributed by atoms with Crippen molar-refractivity contribution >= 4 is 27.6 Å². The Hall–Kier alpha value is -1.31. The van der Waals surface area contributed by atoms with Crippen LogP contribution in [-0.2, 0) is 16.6 Å². The third kappa shape index (κ3) is 7.20. The minimum atomic E-state index is -3.17. The number of halogens is 1. The van der Waals surface area contributed by atoms with Gasteiger partial charge in [0, 0.05) is 31.7 Å². The fourth-order valence-corrected chi connectivity index (χ4v) is 2.69. The molecule has 0 radical (unpaired) electrons. The zero-order valence-electron chi connectivity index (χ0n) is 13.8. The van der Waals surface area contributed by atoms with Gasteiger partial charge in [0.15, 0.2) is 5.96 Å². The summed E-state index contributed by atoms with van der Waals surface area (Å²) in [5.41, 5.74) is 1.01. The molecule has 1 aromatic carbocycles. The van der Waals surface area contributed by atoms with Crippen LogP contribution in [0.15, 0.2) is 29.3 Å². The largest absolute Gasteiger partial charge is 0.357 e. The molecule has 0 spiro atoms. The number of benzene rings is 1. The van der Waals surface area contributed by atoms with Crippen LogP contribution in [0.2, 0.25) is 5.02 Å². The molecule has 2 N–H and O–H groups in total. The van der Waals surface area contributed by atoms with E-state index in [-0.39, 0.29) is 12.3 Å². The molecule has 0 fully saturated rings. The van der Waals surface area contributed by atoms with Crippen molar-refractivity contribution in [2.45, 2.75) is 20.4 Å². The number of guanidine groups is 1. The molecule has 0 aliphatic rings. The first-order valence-corrected chi connectivity index (χ1v) is 9.62. The van der Waals surface area contributed by atoms with Gasteiger partial charge in [0.2, 0.25) is 10.0 Å². The van der Waals surface area contributed by atoms with E-state index in [0.717, 1.165) is 12.1 Å². The van der Waals surface area contributed by atoms with E-state index in [1.165, 1.54) is 0 Å². The second kappa shape index (κ2) is 9.75. The van der Waals surface area contributed by atoms with Crippen LogP contribution in [0.25, 0.3) is 0 Å². The van der Waals surface area contributed by atoms with E-state index < -0.39 is 10.0 Å². The maximum absolute atomic E-state index is 11.4. The minimum absolute atomic E-state index is 0.0726. The van der Waals surface area contributed by atoms with E-state index in [2.05, 4.69) is 15.0 Å². The summed E-state index contributed by atoms with van der Waals surface area (Å²) in [5, 5.41) is 3.90. The maximum atomic E-state index is 11.4. The molecule has 8 heteroatoms. The summed E-state index contributed by atoms with van der Waals surface area (Å²) in [7, 11) is -1.26. The third-order valence-electron chi connectivity index (χ3n) is 3.14. The molecule has 1 aromatic rings. The molecule has 0 bridgehead atoms. The van der Waals surface area contributed by atoms with Crippen LogP contribution in [0.4, 0.5) is 0 Å². The Morgan fingerprint density at radius 2 is 2.00 bits per heavy atom. The highest BCUT2D eigenvalue weighted by Crippen LogP contribution is 2.16. The highest BCUT2D eigenvalue weighted by atomic mass is 35.5. The molecule has 6 nitrogen and oxygen atoms in total. The minimum Gasteiger partial charge on any atom is -0.357 e. The van der Waals surface area contributed by atoms with Gasteiger partial charge in [-0.25, -0.2) is 13.1 Å². The highest BCUT2D eigenvalue weighted by molar-refractivity contribution is 7.89. The number of hydrogen-bond donors (Lipinski definition) is 2. The Bertz CT molecular complexity index is 620. The fourth-order valence-electron chi connectivity index (χ4n) is 1.89. The van der Waals surface area contributed by atoms with Crippen molar-refractivity contribution in [3.8, 4) is 0 Å². The van der Waals surface area contributed by atoms with Gasteiger partial charge in [0.1, 0.15) is 0 Å². The first-order valence-electron chi connectivity index (χ1n) is 7.59. The van der Waals surface area contributed by atoms with Crippen molar-refractivity contribution < 1.29 is 8.42 Å².